The van der Waals surface area contributed by atoms with Crippen molar-refractivity contribution in [3.05, 3.63) is 32.0 Å². The smallest absolute Gasteiger partial charge is 0.222 e. The maximum atomic E-state index is 14.3. The first-order valence-electron chi connectivity index (χ1n) is 5.03. The lowest BCUT2D eigenvalue weighted by molar-refractivity contribution is 0.630. The van der Waals surface area contributed by atoms with Crippen LogP contribution in [0.1, 0.15) is 5.56 Å². The number of nitrogen functional groups attached to an aromatic ring is 2. The Morgan fingerprint density at radius 2 is 1.95 bits per heavy atom. The molecule has 0 saturated carbocycles. The molecule has 1 heterocycles. The minimum absolute atomic E-state index is 0.00720. The maximum absolute atomic E-state index is 14.3. The van der Waals surface area contributed by atoms with Crippen LogP contribution in [0.25, 0.3) is 11.3 Å². The van der Waals surface area contributed by atoms with Crippen LogP contribution in [0.5, 0.6) is 0 Å². The highest BCUT2D eigenvalue weighted by Crippen LogP contribution is 2.40. The van der Waals surface area contributed by atoms with E-state index >= 15 is 0 Å². The summed E-state index contributed by atoms with van der Waals surface area (Å²) in [4.78, 5) is 7.48. The van der Waals surface area contributed by atoms with Crippen LogP contribution < -0.4 is 11.5 Å². The molecule has 0 fully saturated rings. The Kier molecular flexibility index (Phi) is 3.99. The number of nitriles is 1. The molecule has 0 spiro atoms. The predicted molar refractivity (Wildman–Crippen MR) is 78.7 cm³/mol. The monoisotopic (exact) mass is 375 g/mol. The van der Waals surface area contributed by atoms with Gasteiger partial charge >= 0.3 is 0 Å². The second-order valence-corrected chi connectivity index (χ2v) is 5.29. The first-order valence-corrected chi connectivity index (χ1v) is 6.58. The molecule has 0 aliphatic heterocycles. The molecule has 20 heavy (non-hydrogen) atoms. The lowest BCUT2D eigenvalue weighted by Crippen LogP contribution is -2.06. The number of hydrogen-bond donors (Lipinski definition) is 2. The molecule has 0 aliphatic rings. The normalized spacial score (nSPS) is 10.3. The quantitative estimate of drug-likeness (QED) is 0.586. The van der Waals surface area contributed by atoms with E-state index in [0.717, 1.165) is 0 Å². The Bertz CT molecular complexity index is 760. The average molecular weight is 377 g/mol. The molecule has 0 bridgehead atoms. The lowest BCUT2D eigenvalue weighted by atomic mass is 10.1. The van der Waals surface area contributed by atoms with Crippen LogP contribution in [0.2, 0.25) is 10.0 Å². The standard InChI is InChI=1S/C11H5BrCl2FN5/c12-4-1-5(13)6(8(15)7(4)14)9-3(2-16)10(17)20-11(18)19-9/h1H,(H4,17,18,19,20). The summed E-state index contributed by atoms with van der Waals surface area (Å²) in [7, 11) is 0. The molecule has 0 radical (unpaired) electrons. The summed E-state index contributed by atoms with van der Waals surface area (Å²) >= 11 is 14.9. The van der Waals surface area contributed by atoms with E-state index < -0.39 is 5.82 Å². The van der Waals surface area contributed by atoms with Gasteiger partial charge in [-0.15, -0.1) is 0 Å². The SMILES string of the molecule is N#Cc1c(N)nc(N)nc1-c1c(Cl)cc(Br)c(Cl)c1F. The summed E-state index contributed by atoms with van der Waals surface area (Å²) < 4.78 is 14.6. The zero-order valence-corrected chi connectivity index (χ0v) is 12.7. The van der Waals surface area contributed by atoms with Crippen molar-refractivity contribution in [1.29, 1.82) is 5.26 Å². The van der Waals surface area contributed by atoms with Gasteiger partial charge in [0.05, 0.1) is 15.6 Å². The Morgan fingerprint density at radius 1 is 1.30 bits per heavy atom. The molecule has 0 unspecified atom stereocenters. The minimum Gasteiger partial charge on any atom is -0.382 e. The summed E-state index contributed by atoms with van der Waals surface area (Å²) in [5.74, 6) is -1.20. The highest BCUT2D eigenvalue weighted by Gasteiger charge is 2.22. The van der Waals surface area contributed by atoms with Gasteiger partial charge in [-0.05, 0) is 22.0 Å². The van der Waals surface area contributed by atoms with Gasteiger partial charge in [-0.25, -0.2) is 9.37 Å². The van der Waals surface area contributed by atoms with Crippen LogP contribution in [0.3, 0.4) is 0 Å². The molecule has 5 nitrogen and oxygen atoms in total. The molecule has 0 amide bonds. The number of hydrogen-bond acceptors (Lipinski definition) is 5. The van der Waals surface area contributed by atoms with Gasteiger partial charge in [0, 0.05) is 4.47 Å². The van der Waals surface area contributed by atoms with Gasteiger partial charge in [-0.1, -0.05) is 23.2 Å². The number of benzene rings is 1. The van der Waals surface area contributed by atoms with Gasteiger partial charge in [0.25, 0.3) is 0 Å². The van der Waals surface area contributed by atoms with E-state index in [1.807, 2.05) is 0 Å². The highest BCUT2D eigenvalue weighted by atomic mass is 79.9. The van der Waals surface area contributed by atoms with E-state index in [4.69, 9.17) is 39.9 Å². The lowest BCUT2D eigenvalue weighted by Gasteiger charge is -2.11. The molecule has 9 heteroatoms. The number of nitrogens with zero attached hydrogens (tertiary/aromatic N) is 3. The molecule has 0 atom stereocenters. The van der Waals surface area contributed by atoms with Gasteiger partial charge in [0.1, 0.15) is 23.1 Å². The molecular formula is C11H5BrCl2FN5. The third-order valence-electron chi connectivity index (χ3n) is 2.42. The van der Waals surface area contributed by atoms with Gasteiger partial charge in [-0.2, -0.15) is 10.2 Å². The molecule has 102 valence electrons. The first kappa shape index (κ1) is 14.8. The average Bonchev–Trinajstić information content (AvgIpc) is 2.35. The van der Waals surface area contributed by atoms with Crippen molar-refractivity contribution in [1.82, 2.24) is 9.97 Å². The number of anilines is 2. The molecule has 2 rings (SSSR count). The summed E-state index contributed by atoms with van der Waals surface area (Å²) in [6.07, 6.45) is 0. The fourth-order valence-corrected chi connectivity index (χ4v) is 2.54. The Labute approximate surface area is 131 Å². The second kappa shape index (κ2) is 5.40. The van der Waals surface area contributed by atoms with Gasteiger partial charge < -0.3 is 11.5 Å². The number of halogens is 4. The Hall–Kier alpha value is -1.62. The fourth-order valence-electron chi connectivity index (χ4n) is 1.57. The third kappa shape index (κ3) is 2.38. The zero-order valence-electron chi connectivity index (χ0n) is 9.59. The number of nitrogens with two attached hydrogens (primary N) is 2. The first-order chi connectivity index (χ1) is 9.36. The molecule has 1 aromatic heterocycles. The maximum Gasteiger partial charge on any atom is 0.222 e. The van der Waals surface area contributed by atoms with Crippen LogP contribution in [0.4, 0.5) is 16.2 Å². The molecule has 4 N–H and O–H groups in total. The summed E-state index contributed by atoms with van der Waals surface area (Å²) in [6.45, 7) is 0. The van der Waals surface area contributed by atoms with Crippen molar-refractivity contribution < 1.29 is 4.39 Å². The number of rotatable bonds is 1. The summed E-state index contributed by atoms with van der Waals surface area (Å²) in [6, 6.07) is 3.18. The molecule has 0 saturated heterocycles. The van der Waals surface area contributed by atoms with Crippen LogP contribution in [0.15, 0.2) is 10.5 Å². The Morgan fingerprint density at radius 3 is 2.55 bits per heavy atom. The van der Waals surface area contributed by atoms with Gasteiger partial charge in [-0.3, -0.25) is 0 Å². The highest BCUT2D eigenvalue weighted by molar-refractivity contribution is 9.10. The predicted octanol–water partition coefficient (Wildman–Crippen LogP) is 3.39. The van der Waals surface area contributed by atoms with Crippen molar-refractivity contribution in [2.75, 3.05) is 11.5 Å². The summed E-state index contributed by atoms with van der Waals surface area (Å²) in [5, 5.41) is 8.92. The van der Waals surface area contributed by atoms with Crippen molar-refractivity contribution >= 4 is 50.9 Å². The van der Waals surface area contributed by atoms with Crippen LogP contribution in [0, 0.1) is 17.1 Å². The fraction of sp³-hybridized carbons (Fsp3) is 0. The van der Waals surface area contributed by atoms with Crippen molar-refractivity contribution in [2.45, 2.75) is 0 Å². The largest absolute Gasteiger partial charge is 0.382 e. The second-order valence-electron chi connectivity index (χ2n) is 3.65. The van der Waals surface area contributed by atoms with Gasteiger partial charge in [0.15, 0.2) is 5.82 Å². The Balaban J connectivity index is 2.89. The van der Waals surface area contributed by atoms with Crippen molar-refractivity contribution in [3.63, 3.8) is 0 Å². The summed E-state index contributed by atoms with van der Waals surface area (Å²) in [5.41, 5.74) is 10.7. The molecular weight excluding hydrogens is 372 g/mol. The number of aromatic nitrogens is 2. The molecule has 0 aliphatic carbocycles. The van der Waals surface area contributed by atoms with E-state index in [1.54, 1.807) is 6.07 Å². The van der Waals surface area contributed by atoms with E-state index in [1.165, 1.54) is 6.07 Å². The van der Waals surface area contributed by atoms with Crippen LogP contribution >= 0.6 is 39.1 Å². The van der Waals surface area contributed by atoms with E-state index in [0.29, 0.717) is 0 Å². The minimum atomic E-state index is -0.833. The van der Waals surface area contributed by atoms with E-state index in [2.05, 4.69) is 25.9 Å². The zero-order chi connectivity index (χ0) is 15.0. The third-order valence-corrected chi connectivity index (χ3v) is 3.94. The van der Waals surface area contributed by atoms with E-state index in [9.17, 15) is 4.39 Å². The van der Waals surface area contributed by atoms with Gasteiger partial charge in [0.2, 0.25) is 5.95 Å². The topological polar surface area (TPSA) is 102 Å². The van der Waals surface area contributed by atoms with Crippen LogP contribution in [-0.2, 0) is 0 Å². The molecule has 2 aromatic rings. The molecule has 1 aromatic carbocycles. The van der Waals surface area contributed by atoms with E-state index in [-0.39, 0.29) is 43.1 Å². The van der Waals surface area contributed by atoms with Crippen LogP contribution in [-0.4, -0.2) is 9.97 Å². The van der Waals surface area contributed by atoms with Crippen molar-refractivity contribution in [2.24, 2.45) is 0 Å². The van der Waals surface area contributed by atoms with Crippen molar-refractivity contribution in [3.8, 4) is 17.3 Å².